The second-order valence-corrected chi connectivity index (χ2v) is 6.11. The largest absolute Gasteiger partial charge is 0.491 e. The van der Waals surface area contributed by atoms with Crippen molar-refractivity contribution >= 4 is 27.1 Å². The summed E-state index contributed by atoms with van der Waals surface area (Å²) in [6, 6.07) is 5.40. The molecule has 25 heavy (non-hydrogen) atoms. The normalized spacial score (nSPS) is 12.5. The Morgan fingerprint density at radius 2 is 2.04 bits per heavy atom. The summed E-state index contributed by atoms with van der Waals surface area (Å²) in [7, 11) is 1.48. The number of aryl methyl sites for hydroxylation is 1. The summed E-state index contributed by atoms with van der Waals surface area (Å²) in [6.07, 6.45) is -0.963. The molecule has 0 amide bonds. The van der Waals surface area contributed by atoms with E-state index < -0.39 is 17.4 Å². The van der Waals surface area contributed by atoms with Crippen molar-refractivity contribution in [3.05, 3.63) is 55.7 Å². The summed E-state index contributed by atoms with van der Waals surface area (Å²) in [6.45, 7) is -0.0546. The van der Waals surface area contributed by atoms with E-state index in [1.807, 2.05) is 0 Å². The monoisotopic (exact) mass is 412 g/mol. The van der Waals surface area contributed by atoms with Crippen LogP contribution < -0.4 is 16.0 Å². The van der Waals surface area contributed by atoms with Gasteiger partial charge in [0.25, 0.3) is 5.56 Å². The third-order valence-electron chi connectivity index (χ3n) is 3.61. The number of nitrogens with zero attached hydrogens (tertiary/aromatic N) is 3. The number of rotatable bonds is 5. The van der Waals surface area contributed by atoms with Gasteiger partial charge in [0.15, 0.2) is 15.9 Å². The number of hydrogen-bond acceptors (Lipinski definition) is 5. The maximum atomic E-state index is 12.9. The molecule has 0 bridgehead atoms. The summed E-state index contributed by atoms with van der Waals surface area (Å²) < 4.78 is 21.2. The highest BCUT2D eigenvalue weighted by Crippen LogP contribution is 2.17. The fraction of sp³-hybridized carbons (Fsp3) is 0.267. The van der Waals surface area contributed by atoms with Gasteiger partial charge in [0.2, 0.25) is 0 Å². The summed E-state index contributed by atoms with van der Waals surface area (Å²) in [5.41, 5.74) is -0.806. The van der Waals surface area contributed by atoms with Gasteiger partial charge in [0, 0.05) is 7.05 Å². The van der Waals surface area contributed by atoms with Crippen molar-refractivity contribution in [2.45, 2.75) is 12.6 Å². The zero-order valence-electron chi connectivity index (χ0n) is 13.1. The molecule has 0 spiro atoms. The molecule has 3 aromatic rings. The molecule has 2 N–H and O–H groups in total. The van der Waals surface area contributed by atoms with Gasteiger partial charge in [-0.05, 0) is 40.2 Å². The molecule has 0 aliphatic carbocycles. The number of aromatic amines is 1. The topological polar surface area (TPSA) is 102 Å². The van der Waals surface area contributed by atoms with E-state index in [0.29, 0.717) is 10.5 Å². The van der Waals surface area contributed by atoms with Crippen LogP contribution in [0, 0.1) is 5.82 Å². The smallest absolute Gasteiger partial charge is 0.329 e. The number of hydrogen-bond donors (Lipinski definition) is 2. The van der Waals surface area contributed by atoms with E-state index in [4.69, 9.17) is 4.74 Å². The molecule has 2 heterocycles. The summed E-state index contributed by atoms with van der Waals surface area (Å²) in [4.78, 5) is 30.0. The highest BCUT2D eigenvalue weighted by molar-refractivity contribution is 9.10. The first-order chi connectivity index (χ1) is 11.9. The lowest BCUT2D eigenvalue weighted by molar-refractivity contribution is 0.0928. The van der Waals surface area contributed by atoms with Crippen molar-refractivity contribution in [2.75, 3.05) is 6.61 Å². The first-order valence-electron chi connectivity index (χ1n) is 7.28. The van der Waals surface area contributed by atoms with Crippen LogP contribution in [-0.4, -0.2) is 36.9 Å². The number of aromatic nitrogens is 4. The Kier molecular flexibility index (Phi) is 4.73. The molecule has 132 valence electrons. The third-order valence-corrected chi connectivity index (χ3v) is 4.22. The van der Waals surface area contributed by atoms with Gasteiger partial charge in [-0.1, -0.05) is 0 Å². The van der Waals surface area contributed by atoms with Crippen molar-refractivity contribution in [2.24, 2.45) is 7.05 Å². The second-order valence-electron chi connectivity index (χ2n) is 5.40. The zero-order valence-corrected chi connectivity index (χ0v) is 14.7. The second kappa shape index (κ2) is 6.81. The first-order valence-corrected chi connectivity index (χ1v) is 8.07. The average Bonchev–Trinajstić information content (AvgIpc) is 2.89. The molecule has 0 radical (unpaired) electrons. The van der Waals surface area contributed by atoms with Crippen molar-refractivity contribution in [1.29, 1.82) is 0 Å². The molecule has 3 rings (SSSR count). The average molecular weight is 413 g/mol. The Labute approximate surface area is 148 Å². The standard InChI is InChI=1S/C15H14BrFN4O4/c1-20-12-11(13(23)19-15(20)24)21(14(16)18-12)6-9(22)7-25-10-4-2-8(17)3-5-10/h2-5,9,22H,6-7H2,1H3,(H,19,23,24)/t9-/m0/s1. The molecule has 8 nitrogen and oxygen atoms in total. The molecule has 0 fully saturated rings. The number of imidazole rings is 1. The number of halogens is 2. The molecule has 0 saturated heterocycles. The zero-order chi connectivity index (χ0) is 18.1. The van der Waals surface area contributed by atoms with E-state index >= 15 is 0 Å². The summed E-state index contributed by atoms with van der Waals surface area (Å²) in [5.74, 6) is 0.0294. The van der Waals surface area contributed by atoms with Gasteiger partial charge in [0.05, 0.1) is 6.54 Å². The van der Waals surface area contributed by atoms with E-state index in [1.165, 1.54) is 40.4 Å². The predicted octanol–water partition coefficient (Wildman–Crippen LogP) is 0.765. The minimum absolute atomic E-state index is 0.0135. The Morgan fingerprint density at radius 3 is 2.72 bits per heavy atom. The van der Waals surface area contributed by atoms with E-state index in [-0.39, 0.29) is 30.1 Å². The van der Waals surface area contributed by atoms with Gasteiger partial charge < -0.3 is 14.4 Å². The van der Waals surface area contributed by atoms with Crippen molar-refractivity contribution in [3.63, 3.8) is 0 Å². The molecule has 0 aliphatic heterocycles. The summed E-state index contributed by atoms with van der Waals surface area (Å²) >= 11 is 3.23. The van der Waals surface area contributed by atoms with Crippen LogP contribution in [0.25, 0.3) is 11.2 Å². The Bertz CT molecular complexity index is 1020. The number of ether oxygens (including phenoxy) is 1. The molecule has 2 aromatic heterocycles. The van der Waals surface area contributed by atoms with Crippen LogP contribution in [0.5, 0.6) is 5.75 Å². The maximum Gasteiger partial charge on any atom is 0.329 e. The highest BCUT2D eigenvalue weighted by Gasteiger charge is 2.18. The number of aliphatic hydroxyl groups excluding tert-OH is 1. The van der Waals surface area contributed by atoms with Crippen LogP contribution in [0.2, 0.25) is 0 Å². The number of fused-ring (bicyclic) bond motifs is 1. The van der Waals surface area contributed by atoms with Crippen LogP contribution >= 0.6 is 15.9 Å². The molecule has 0 saturated carbocycles. The summed E-state index contributed by atoms with van der Waals surface area (Å²) in [5, 5.41) is 10.2. The molecule has 1 aromatic carbocycles. The van der Waals surface area contributed by atoms with Crippen molar-refractivity contribution < 1.29 is 14.2 Å². The Hall–Kier alpha value is -2.46. The van der Waals surface area contributed by atoms with Crippen LogP contribution in [0.15, 0.2) is 38.6 Å². The predicted molar refractivity (Wildman–Crippen MR) is 91.2 cm³/mol. The van der Waals surface area contributed by atoms with Gasteiger partial charge in [-0.3, -0.25) is 14.3 Å². The fourth-order valence-electron chi connectivity index (χ4n) is 2.36. The van der Waals surface area contributed by atoms with Gasteiger partial charge in [-0.2, -0.15) is 0 Å². The number of aliphatic hydroxyl groups is 1. The van der Waals surface area contributed by atoms with E-state index in [2.05, 4.69) is 25.9 Å². The lowest BCUT2D eigenvalue weighted by Gasteiger charge is -2.14. The highest BCUT2D eigenvalue weighted by atomic mass is 79.9. The minimum atomic E-state index is -0.963. The quantitative estimate of drug-likeness (QED) is 0.602. The van der Waals surface area contributed by atoms with Gasteiger partial charge in [-0.25, -0.2) is 14.2 Å². The molecule has 1 atom stereocenters. The number of benzene rings is 1. The van der Waals surface area contributed by atoms with Crippen LogP contribution in [0.4, 0.5) is 4.39 Å². The van der Waals surface area contributed by atoms with Crippen molar-refractivity contribution in [3.8, 4) is 5.75 Å². The Morgan fingerprint density at radius 1 is 1.36 bits per heavy atom. The first kappa shape index (κ1) is 17.4. The van der Waals surface area contributed by atoms with E-state index in [9.17, 15) is 19.1 Å². The SMILES string of the molecule is Cn1c(=O)[nH]c(=O)c2c1nc(Br)n2C[C@H](O)COc1ccc(F)cc1. The van der Waals surface area contributed by atoms with Crippen molar-refractivity contribution in [1.82, 2.24) is 19.1 Å². The fourth-order valence-corrected chi connectivity index (χ4v) is 2.85. The lowest BCUT2D eigenvalue weighted by atomic mass is 10.3. The van der Waals surface area contributed by atoms with E-state index in [1.54, 1.807) is 0 Å². The Balaban J connectivity index is 1.81. The molecule has 0 unspecified atom stereocenters. The molecule has 0 aliphatic rings. The van der Waals surface area contributed by atoms with Gasteiger partial charge in [0.1, 0.15) is 24.3 Å². The molecular weight excluding hydrogens is 399 g/mol. The molecule has 10 heteroatoms. The third kappa shape index (κ3) is 3.49. The maximum absolute atomic E-state index is 12.9. The van der Waals surface area contributed by atoms with Crippen LogP contribution in [0.3, 0.4) is 0 Å². The lowest BCUT2D eigenvalue weighted by Crippen LogP contribution is -2.30. The van der Waals surface area contributed by atoms with Gasteiger partial charge in [-0.15, -0.1) is 0 Å². The minimum Gasteiger partial charge on any atom is -0.491 e. The molecular formula is C15H14BrFN4O4. The van der Waals surface area contributed by atoms with Crippen LogP contribution in [0.1, 0.15) is 0 Å². The number of nitrogens with one attached hydrogen (secondary N) is 1. The number of H-pyrrole nitrogens is 1. The van der Waals surface area contributed by atoms with E-state index in [0.717, 1.165) is 0 Å². The van der Waals surface area contributed by atoms with Gasteiger partial charge >= 0.3 is 5.69 Å². The van der Waals surface area contributed by atoms with Crippen LogP contribution in [-0.2, 0) is 13.6 Å².